The lowest BCUT2D eigenvalue weighted by molar-refractivity contribution is 0.0921. The Bertz CT molecular complexity index is 837. The lowest BCUT2D eigenvalue weighted by Gasteiger charge is -2.29. The number of hydrogen-bond acceptors (Lipinski definition) is 3. The second-order valence-electron chi connectivity index (χ2n) is 7.26. The van der Waals surface area contributed by atoms with Gasteiger partial charge in [-0.15, -0.1) is 0 Å². The van der Waals surface area contributed by atoms with Gasteiger partial charge < -0.3 is 15.4 Å². The van der Waals surface area contributed by atoms with Gasteiger partial charge in [-0.05, 0) is 55.4 Å². The van der Waals surface area contributed by atoms with E-state index >= 15 is 0 Å². The van der Waals surface area contributed by atoms with Gasteiger partial charge in [0, 0.05) is 18.2 Å². The van der Waals surface area contributed by atoms with Crippen molar-refractivity contribution in [3.63, 3.8) is 0 Å². The van der Waals surface area contributed by atoms with Crippen molar-refractivity contribution in [2.45, 2.75) is 38.3 Å². The molecule has 29 heavy (non-hydrogen) atoms. The van der Waals surface area contributed by atoms with Gasteiger partial charge in [0.15, 0.2) is 11.6 Å². The van der Waals surface area contributed by atoms with Crippen LogP contribution in [0.4, 0.5) is 13.6 Å². The Balaban J connectivity index is 1.35. The molecule has 1 aliphatic rings. The number of alkyl carbamates (subject to hydrolysis) is 1. The van der Waals surface area contributed by atoms with Gasteiger partial charge in [0.25, 0.3) is 5.91 Å². The summed E-state index contributed by atoms with van der Waals surface area (Å²) in [5.41, 5.74) is 1.04. The Kier molecular flexibility index (Phi) is 7.16. The van der Waals surface area contributed by atoms with Crippen LogP contribution in [-0.4, -0.2) is 24.6 Å². The van der Waals surface area contributed by atoms with Crippen molar-refractivity contribution in [3.05, 3.63) is 71.3 Å². The summed E-state index contributed by atoms with van der Waals surface area (Å²) in [6.45, 7) is 0.757. The van der Waals surface area contributed by atoms with Gasteiger partial charge >= 0.3 is 6.09 Å². The standard InChI is InChI=1S/C22H24F2N2O3/c23-19-11-8-17(12-20(19)24)21(27)26-18-9-6-15(7-10-18)13-25-22(28)29-14-16-4-2-1-3-5-16/h1-5,8,11-12,15,18H,6-7,9-10,13-14H2,(H,25,28)(H,26,27). The molecule has 7 heteroatoms. The molecule has 5 nitrogen and oxygen atoms in total. The first-order valence-corrected chi connectivity index (χ1v) is 9.71. The molecule has 2 N–H and O–H groups in total. The van der Waals surface area contributed by atoms with E-state index in [0.717, 1.165) is 43.4 Å². The second kappa shape index (κ2) is 10.0. The largest absolute Gasteiger partial charge is 0.445 e. The first kappa shape index (κ1) is 20.8. The van der Waals surface area contributed by atoms with E-state index in [1.165, 1.54) is 6.07 Å². The monoisotopic (exact) mass is 402 g/mol. The van der Waals surface area contributed by atoms with E-state index in [9.17, 15) is 18.4 Å². The van der Waals surface area contributed by atoms with E-state index in [1.807, 2.05) is 30.3 Å². The fourth-order valence-corrected chi connectivity index (χ4v) is 3.42. The molecule has 0 aliphatic heterocycles. The number of nitrogens with one attached hydrogen (secondary N) is 2. The topological polar surface area (TPSA) is 67.4 Å². The maximum absolute atomic E-state index is 13.3. The van der Waals surface area contributed by atoms with Crippen molar-refractivity contribution in [1.82, 2.24) is 10.6 Å². The average Bonchev–Trinajstić information content (AvgIpc) is 2.74. The molecule has 0 atom stereocenters. The maximum Gasteiger partial charge on any atom is 0.407 e. The summed E-state index contributed by atoms with van der Waals surface area (Å²) in [6.07, 6.45) is 2.79. The molecule has 0 heterocycles. The summed E-state index contributed by atoms with van der Waals surface area (Å²) in [7, 11) is 0. The number of hydrogen-bond donors (Lipinski definition) is 2. The zero-order valence-corrected chi connectivity index (χ0v) is 16.0. The average molecular weight is 402 g/mol. The van der Waals surface area contributed by atoms with Crippen LogP contribution < -0.4 is 10.6 Å². The highest BCUT2D eigenvalue weighted by Gasteiger charge is 2.23. The molecule has 0 radical (unpaired) electrons. The minimum Gasteiger partial charge on any atom is -0.445 e. The zero-order chi connectivity index (χ0) is 20.6. The second-order valence-corrected chi connectivity index (χ2v) is 7.26. The number of halogens is 2. The lowest BCUT2D eigenvalue weighted by atomic mass is 9.86. The SMILES string of the molecule is O=C(NCC1CCC(NC(=O)c2ccc(F)c(F)c2)CC1)OCc1ccccc1. The summed E-state index contributed by atoms with van der Waals surface area (Å²) in [4.78, 5) is 24.0. The van der Waals surface area contributed by atoms with Crippen LogP contribution in [0.1, 0.15) is 41.6 Å². The molecule has 0 bridgehead atoms. The predicted molar refractivity (Wildman–Crippen MR) is 104 cm³/mol. The fraction of sp³-hybridized carbons (Fsp3) is 0.364. The molecule has 3 rings (SSSR count). The highest BCUT2D eigenvalue weighted by molar-refractivity contribution is 5.94. The Morgan fingerprint density at radius 1 is 0.966 bits per heavy atom. The lowest BCUT2D eigenvalue weighted by Crippen LogP contribution is -2.39. The summed E-state index contributed by atoms with van der Waals surface area (Å²) in [5, 5.41) is 5.66. The minimum atomic E-state index is -1.04. The smallest absolute Gasteiger partial charge is 0.407 e. The van der Waals surface area contributed by atoms with Crippen molar-refractivity contribution >= 4 is 12.0 Å². The predicted octanol–water partition coefficient (Wildman–Crippen LogP) is 4.18. The molecule has 154 valence electrons. The van der Waals surface area contributed by atoms with Crippen LogP contribution in [0.15, 0.2) is 48.5 Å². The van der Waals surface area contributed by atoms with Crippen molar-refractivity contribution in [3.8, 4) is 0 Å². The van der Waals surface area contributed by atoms with Gasteiger partial charge in [0.1, 0.15) is 6.61 Å². The van der Waals surface area contributed by atoms with E-state index in [0.29, 0.717) is 12.5 Å². The number of ether oxygens (including phenoxy) is 1. The van der Waals surface area contributed by atoms with E-state index in [2.05, 4.69) is 10.6 Å². The van der Waals surface area contributed by atoms with Gasteiger partial charge in [0.05, 0.1) is 0 Å². The Hall–Kier alpha value is -2.96. The molecule has 2 aromatic rings. The Labute approximate surface area is 168 Å². The Morgan fingerprint density at radius 2 is 1.69 bits per heavy atom. The molecule has 0 saturated heterocycles. The number of benzene rings is 2. The van der Waals surface area contributed by atoms with Crippen LogP contribution in [0.3, 0.4) is 0 Å². The maximum atomic E-state index is 13.3. The first-order valence-electron chi connectivity index (χ1n) is 9.71. The van der Waals surface area contributed by atoms with Crippen LogP contribution in [0.5, 0.6) is 0 Å². The van der Waals surface area contributed by atoms with Crippen LogP contribution in [-0.2, 0) is 11.3 Å². The summed E-state index contributed by atoms with van der Waals surface area (Å²) < 4.78 is 31.4. The summed E-state index contributed by atoms with van der Waals surface area (Å²) >= 11 is 0. The number of amides is 2. The third-order valence-corrected chi connectivity index (χ3v) is 5.11. The third-order valence-electron chi connectivity index (χ3n) is 5.11. The highest BCUT2D eigenvalue weighted by atomic mass is 19.2. The van der Waals surface area contributed by atoms with E-state index < -0.39 is 23.6 Å². The van der Waals surface area contributed by atoms with Gasteiger partial charge in [0.2, 0.25) is 0 Å². The first-order chi connectivity index (χ1) is 14.0. The van der Waals surface area contributed by atoms with Crippen LogP contribution in [0.2, 0.25) is 0 Å². The van der Waals surface area contributed by atoms with Crippen molar-refractivity contribution in [2.24, 2.45) is 5.92 Å². The van der Waals surface area contributed by atoms with Crippen LogP contribution in [0.25, 0.3) is 0 Å². The molecular weight excluding hydrogens is 378 g/mol. The van der Waals surface area contributed by atoms with E-state index in [-0.39, 0.29) is 18.2 Å². The molecule has 1 fully saturated rings. The molecule has 0 aromatic heterocycles. The fourth-order valence-electron chi connectivity index (χ4n) is 3.42. The molecule has 1 aliphatic carbocycles. The van der Waals surface area contributed by atoms with Gasteiger partial charge in [-0.3, -0.25) is 4.79 Å². The van der Waals surface area contributed by atoms with Crippen LogP contribution >= 0.6 is 0 Å². The van der Waals surface area contributed by atoms with Crippen molar-refractivity contribution < 1.29 is 23.1 Å². The number of rotatable bonds is 6. The van der Waals surface area contributed by atoms with Gasteiger partial charge in [-0.1, -0.05) is 30.3 Å². The molecule has 0 unspecified atom stereocenters. The van der Waals surface area contributed by atoms with Crippen molar-refractivity contribution in [1.29, 1.82) is 0 Å². The minimum absolute atomic E-state index is 0.0168. The Morgan fingerprint density at radius 3 is 2.38 bits per heavy atom. The highest BCUT2D eigenvalue weighted by Crippen LogP contribution is 2.24. The van der Waals surface area contributed by atoms with E-state index in [4.69, 9.17) is 4.74 Å². The van der Waals surface area contributed by atoms with Crippen molar-refractivity contribution in [2.75, 3.05) is 6.54 Å². The normalized spacial score (nSPS) is 18.7. The van der Waals surface area contributed by atoms with Gasteiger partial charge in [-0.2, -0.15) is 0 Å². The number of carbonyl (C=O) groups is 2. The molecule has 1 saturated carbocycles. The molecular formula is C22H24F2N2O3. The molecule has 0 spiro atoms. The third kappa shape index (κ3) is 6.27. The molecule has 2 aromatic carbocycles. The number of carbonyl (C=O) groups excluding carboxylic acids is 2. The molecule has 2 amide bonds. The summed E-state index contributed by atoms with van der Waals surface area (Å²) in [5.74, 6) is -2.10. The van der Waals surface area contributed by atoms with E-state index in [1.54, 1.807) is 0 Å². The quantitative estimate of drug-likeness (QED) is 0.762. The van der Waals surface area contributed by atoms with Gasteiger partial charge in [-0.25, -0.2) is 13.6 Å². The summed E-state index contributed by atoms with van der Waals surface area (Å²) in [6, 6.07) is 12.6. The zero-order valence-electron chi connectivity index (χ0n) is 16.0. The van der Waals surface area contributed by atoms with Crippen LogP contribution in [0, 0.1) is 17.6 Å².